The monoisotopic (exact) mass is 656 g/mol. The molecule has 4 rings (SSSR count). The van der Waals surface area contributed by atoms with Crippen molar-refractivity contribution in [2.45, 2.75) is 62.7 Å². The van der Waals surface area contributed by atoms with E-state index in [9.17, 15) is 30.8 Å². The number of piperidine rings is 1. The molecule has 0 aromatic heterocycles. The summed E-state index contributed by atoms with van der Waals surface area (Å²) in [6, 6.07) is 7.53. The van der Waals surface area contributed by atoms with Crippen LogP contribution in [0.5, 0.6) is 5.75 Å². The first kappa shape index (κ1) is 34.0. The first-order valence-electron chi connectivity index (χ1n) is 13.0. The summed E-state index contributed by atoms with van der Waals surface area (Å²) < 4.78 is 94.8. The zero-order valence-corrected chi connectivity index (χ0v) is 25.8. The fraction of sp³-hybridized carbons (Fsp3) is 0.500. The van der Waals surface area contributed by atoms with Crippen LogP contribution in [0.3, 0.4) is 0 Å². The quantitative estimate of drug-likeness (QED) is 0.265. The molecule has 1 saturated heterocycles. The molecule has 9 nitrogen and oxygen atoms in total. The van der Waals surface area contributed by atoms with Crippen LogP contribution in [0.1, 0.15) is 40.0 Å². The molecule has 2 aliphatic rings. The fourth-order valence-electron chi connectivity index (χ4n) is 4.04. The normalized spacial score (nSPS) is 17.8. The number of ether oxygens (including phenoxy) is 2. The van der Waals surface area contributed by atoms with Crippen molar-refractivity contribution in [2.75, 3.05) is 36.4 Å². The van der Waals surface area contributed by atoms with Crippen molar-refractivity contribution in [3.05, 3.63) is 47.2 Å². The first-order valence-corrected chi connectivity index (χ1v) is 15.6. The van der Waals surface area contributed by atoms with E-state index in [0.717, 1.165) is 28.5 Å². The van der Waals surface area contributed by atoms with Gasteiger partial charge in [-0.05, 0) is 77.1 Å². The molecule has 2 aliphatic heterocycles. The summed E-state index contributed by atoms with van der Waals surface area (Å²) in [5.74, 6) is -0.637. The van der Waals surface area contributed by atoms with Crippen molar-refractivity contribution in [1.29, 1.82) is 0 Å². The van der Waals surface area contributed by atoms with E-state index < -0.39 is 33.7 Å². The van der Waals surface area contributed by atoms with Gasteiger partial charge in [-0.1, -0.05) is 18.0 Å². The number of fused-ring (bicyclic) bond motifs is 1. The molecule has 2 N–H and O–H groups in total. The highest BCUT2D eigenvalue weighted by atomic mass is 35.5. The van der Waals surface area contributed by atoms with Crippen molar-refractivity contribution in [3.63, 3.8) is 0 Å². The second-order valence-corrected chi connectivity index (χ2v) is 13.3. The average molecular weight is 657 g/mol. The molecule has 0 radical (unpaired) electrons. The van der Waals surface area contributed by atoms with Crippen LogP contribution in [0.4, 0.5) is 33.7 Å². The second-order valence-electron chi connectivity index (χ2n) is 9.99. The summed E-state index contributed by atoms with van der Waals surface area (Å²) >= 11 is 7.45. The molecule has 0 spiro atoms. The summed E-state index contributed by atoms with van der Waals surface area (Å²) in [5.41, 5.74) is -2.76. The van der Waals surface area contributed by atoms with Crippen LogP contribution in [-0.4, -0.2) is 63.4 Å². The van der Waals surface area contributed by atoms with Gasteiger partial charge in [0.2, 0.25) is 5.60 Å². The van der Waals surface area contributed by atoms with E-state index in [1.807, 2.05) is 7.05 Å². The van der Waals surface area contributed by atoms with Gasteiger partial charge >= 0.3 is 12.3 Å². The molecule has 2 aromatic carbocycles. The Kier molecular flexibility index (Phi) is 11.3. The average Bonchev–Trinajstić information content (AvgIpc) is 2.90. The third kappa shape index (κ3) is 8.34. The van der Waals surface area contributed by atoms with Crippen molar-refractivity contribution in [3.8, 4) is 5.75 Å². The summed E-state index contributed by atoms with van der Waals surface area (Å²) in [7, 11) is -2.22. The van der Waals surface area contributed by atoms with Crippen molar-refractivity contribution in [2.24, 2.45) is 0 Å². The number of anilines is 2. The Bertz CT molecular complexity index is 1360. The Labute approximate surface area is 252 Å². The molecular formula is C26H33ClF4N4O5S2. The van der Waals surface area contributed by atoms with E-state index in [2.05, 4.69) is 26.0 Å². The summed E-state index contributed by atoms with van der Waals surface area (Å²) in [6.07, 6.45) is -2.06. The molecule has 1 atom stereocenters. The maximum absolute atomic E-state index is 13.5. The van der Waals surface area contributed by atoms with Crippen LogP contribution in [0.2, 0.25) is 5.02 Å². The maximum Gasteiger partial charge on any atom is 0.427 e. The molecular weight excluding hydrogens is 624 g/mol. The maximum atomic E-state index is 13.5. The van der Waals surface area contributed by atoms with Gasteiger partial charge in [0, 0.05) is 30.4 Å². The number of hydrogen-bond acceptors (Lipinski definition) is 8. The lowest BCUT2D eigenvalue weighted by atomic mass is 10.1. The van der Waals surface area contributed by atoms with Crippen LogP contribution in [-0.2, 0) is 14.8 Å². The number of halogens is 5. The predicted octanol–water partition coefficient (Wildman–Crippen LogP) is 6.60. The largest absolute Gasteiger partial charge is 0.489 e. The number of carbonyl (C=O) groups is 1. The SMILES string of the molecule is CC(C)(OC(=O)Nc1ccc2c(c1)N(S(=O)(=O)c1ccc(F)c(Cl)c1)CCO2)C(F)(F)F.CNSN1CCCCC1C. The van der Waals surface area contributed by atoms with Crippen LogP contribution in [0.25, 0.3) is 0 Å². The van der Waals surface area contributed by atoms with Gasteiger partial charge in [-0.15, -0.1) is 0 Å². The van der Waals surface area contributed by atoms with Gasteiger partial charge in [-0.3, -0.25) is 14.3 Å². The van der Waals surface area contributed by atoms with E-state index in [1.54, 1.807) is 12.1 Å². The van der Waals surface area contributed by atoms with Gasteiger partial charge in [0.05, 0.1) is 22.2 Å². The van der Waals surface area contributed by atoms with Gasteiger partial charge in [-0.2, -0.15) is 13.2 Å². The third-order valence-corrected chi connectivity index (χ3v) is 9.54. The number of alkyl halides is 3. The molecule has 2 aromatic rings. The van der Waals surface area contributed by atoms with Crippen LogP contribution in [0.15, 0.2) is 41.3 Å². The minimum absolute atomic E-state index is 0.00967. The number of hydrogen-bond donors (Lipinski definition) is 2. The highest BCUT2D eigenvalue weighted by molar-refractivity contribution is 7.95. The summed E-state index contributed by atoms with van der Waals surface area (Å²) in [4.78, 5) is 11.7. The lowest BCUT2D eigenvalue weighted by Gasteiger charge is -2.31. The lowest BCUT2D eigenvalue weighted by molar-refractivity contribution is -0.242. The molecule has 1 fully saturated rings. The second kappa shape index (κ2) is 13.9. The smallest absolute Gasteiger partial charge is 0.427 e. The van der Waals surface area contributed by atoms with Crippen molar-refractivity contribution in [1.82, 2.24) is 9.03 Å². The van der Waals surface area contributed by atoms with E-state index in [1.165, 1.54) is 44.0 Å². The van der Waals surface area contributed by atoms with Crippen LogP contribution < -0.4 is 19.1 Å². The number of amides is 1. The summed E-state index contributed by atoms with van der Waals surface area (Å²) in [5, 5.41) is 1.76. The van der Waals surface area contributed by atoms with E-state index in [0.29, 0.717) is 13.8 Å². The Morgan fingerprint density at radius 2 is 1.86 bits per heavy atom. The Morgan fingerprint density at radius 1 is 1.14 bits per heavy atom. The van der Waals surface area contributed by atoms with Gasteiger partial charge < -0.3 is 9.47 Å². The molecule has 16 heteroatoms. The minimum atomic E-state index is -4.80. The zero-order valence-electron chi connectivity index (χ0n) is 23.4. The van der Waals surface area contributed by atoms with Gasteiger partial charge in [0.25, 0.3) is 10.0 Å². The zero-order chi connectivity index (χ0) is 31.3. The number of carbonyl (C=O) groups excluding carboxylic acids is 1. The molecule has 0 bridgehead atoms. The standard InChI is InChI=1S/C19H17ClF4N2O5S.C7H16N2S/c1-18(2,19(22,23)24)31-17(27)25-11-3-6-16-15(9-11)26(7-8-30-16)32(28,29)12-4-5-14(21)13(20)10-12;1-7-5-3-4-6-9(7)10-8-2/h3-6,9-10H,7-8H2,1-2H3,(H,25,27);7-8H,3-6H2,1-2H3. The lowest BCUT2D eigenvalue weighted by Crippen LogP contribution is -2.44. The van der Waals surface area contributed by atoms with Gasteiger partial charge in [-0.25, -0.2) is 21.9 Å². The fourth-order valence-corrected chi connectivity index (χ4v) is 6.51. The van der Waals surface area contributed by atoms with E-state index in [4.69, 9.17) is 16.3 Å². The van der Waals surface area contributed by atoms with Crippen molar-refractivity contribution < 1.29 is 40.2 Å². The highest BCUT2D eigenvalue weighted by Gasteiger charge is 2.51. The summed E-state index contributed by atoms with van der Waals surface area (Å²) in [6.45, 7) is 4.82. The molecule has 2 heterocycles. The topological polar surface area (TPSA) is 100 Å². The molecule has 234 valence electrons. The number of nitrogens with one attached hydrogen (secondary N) is 2. The van der Waals surface area contributed by atoms with Crippen molar-refractivity contribution >= 4 is 51.2 Å². The highest BCUT2D eigenvalue weighted by Crippen LogP contribution is 2.38. The molecule has 0 aliphatic carbocycles. The molecule has 1 unspecified atom stereocenters. The molecule has 42 heavy (non-hydrogen) atoms. The van der Waals surface area contributed by atoms with E-state index >= 15 is 0 Å². The predicted molar refractivity (Wildman–Crippen MR) is 155 cm³/mol. The number of rotatable bonds is 6. The first-order chi connectivity index (χ1) is 19.6. The Balaban J connectivity index is 0.000000408. The third-order valence-electron chi connectivity index (χ3n) is 6.49. The number of sulfonamides is 1. The molecule has 0 saturated carbocycles. The number of nitrogens with zero attached hydrogens (tertiary/aromatic N) is 2. The van der Waals surface area contributed by atoms with Gasteiger partial charge in [0.1, 0.15) is 18.2 Å². The van der Waals surface area contributed by atoms with Gasteiger partial charge in [0.15, 0.2) is 0 Å². The molecule has 1 amide bonds. The van der Waals surface area contributed by atoms with Crippen LogP contribution >= 0.6 is 23.7 Å². The Morgan fingerprint density at radius 3 is 2.48 bits per heavy atom. The minimum Gasteiger partial charge on any atom is -0.489 e. The number of benzene rings is 2. The van der Waals surface area contributed by atoms with Crippen LogP contribution in [0, 0.1) is 5.82 Å². The van der Waals surface area contributed by atoms with E-state index in [-0.39, 0.29) is 40.2 Å². The Hall–Kier alpha value is -2.46.